The van der Waals surface area contributed by atoms with Crippen molar-refractivity contribution in [2.75, 3.05) is 32.9 Å². The highest BCUT2D eigenvalue weighted by Crippen LogP contribution is 2.27. The van der Waals surface area contributed by atoms with Gasteiger partial charge in [-0.1, -0.05) is 60.7 Å². The van der Waals surface area contributed by atoms with Crippen LogP contribution >= 0.6 is 0 Å². The van der Waals surface area contributed by atoms with Crippen molar-refractivity contribution in [3.63, 3.8) is 0 Å². The fraction of sp³-hybridized carbons (Fsp3) is 0.435. The van der Waals surface area contributed by atoms with Crippen molar-refractivity contribution in [2.24, 2.45) is 5.92 Å². The topological polar surface area (TPSA) is 48.0 Å². The molecular weight excluding hydrogens is 354 g/mol. The standard InChI is InChI=1S/C23H27NO4/c25-21(24-13-7-12-20(16-24)23-26-14-15-27-23)17-28-22(18-8-3-1-4-9-18)19-10-5-2-6-11-19/h1-6,8-11,20,22-23H,7,12-17H2. The zero-order valence-electron chi connectivity index (χ0n) is 16.0. The maximum atomic E-state index is 12.8. The molecule has 0 bridgehead atoms. The van der Waals surface area contributed by atoms with Gasteiger partial charge in [-0.25, -0.2) is 0 Å². The van der Waals surface area contributed by atoms with Gasteiger partial charge in [-0.15, -0.1) is 0 Å². The van der Waals surface area contributed by atoms with Crippen molar-refractivity contribution in [3.05, 3.63) is 71.8 Å². The van der Waals surface area contributed by atoms with Gasteiger partial charge < -0.3 is 19.1 Å². The van der Waals surface area contributed by atoms with Crippen LogP contribution < -0.4 is 0 Å². The maximum Gasteiger partial charge on any atom is 0.248 e. The average Bonchev–Trinajstić information content (AvgIpc) is 3.30. The van der Waals surface area contributed by atoms with Crippen LogP contribution in [0.2, 0.25) is 0 Å². The van der Waals surface area contributed by atoms with Crippen LogP contribution in [-0.4, -0.2) is 50.0 Å². The fourth-order valence-corrected chi connectivity index (χ4v) is 3.99. The number of likely N-dealkylation sites (tertiary alicyclic amines) is 1. The summed E-state index contributed by atoms with van der Waals surface area (Å²) < 4.78 is 17.4. The molecule has 0 spiro atoms. The smallest absolute Gasteiger partial charge is 0.248 e. The Hall–Kier alpha value is -2.21. The normalized spacial score (nSPS) is 20.6. The molecule has 4 rings (SSSR count). The van der Waals surface area contributed by atoms with Gasteiger partial charge in [-0.3, -0.25) is 4.79 Å². The Balaban J connectivity index is 1.40. The Morgan fingerprint density at radius 3 is 2.21 bits per heavy atom. The molecule has 148 valence electrons. The molecule has 2 aliphatic heterocycles. The van der Waals surface area contributed by atoms with Crippen LogP contribution in [0.5, 0.6) is 0 Å². The first-order valence-electron chi connectivity index (χ1n) is 10.0. The third-order valence-corrected chi connectivity index (χ3v) is 5.42. The molecule has 0 aliphatic carbocycles. The van der Waals surface area contributed by atoms with Crippen molar-refractivity contribution in [1.82, 2.24) is 4.90 Å². The largest absolute Gasteiger partial charge is 0.359 e. The van der Waals surface area contributed by atoms with Gasteiger partial charge in [0.15, 0.2) is 6.29 Å². The molecule has 28 heavy (non-hydrogen) atoms. The lowest BCUT2D eigenvalue weighted by Crippen LogP contribution is -2.45. The molecule has 0 N–H and O–H groups in total. The quantitative estimate of drug-likeness (QED) is 0.769. The zero-order valence-corrected chi connectivity index (χ0v) is 16.0. The summed E-state index contributed by atoms with van der Waals surface area (Å²) in [5, 5.41) is 0. The highest BCUT2D eigenvalue weighted by atomic mass is 16.7. The third-order valence-electron chi connectivity index (χ3n) is 5.42. The second-order valence-electron chi connectivity index (χ2n) is 7.36. The number of amides is 1. The number of nitrogens with zero attached hydrogens (tertiary/aromatic N) is 1. The van der Waals surface area contributed by atoms with E-state index in [4.69, 9.17) is 14.2 Å². The van der Waals surface area contributed by atoms with Gasteiger partial charge in [0, 0.05) is 19.0 Å². The maximum absolute atomic E-state index is 12.8. The predicted octanol–water partition coefficient (Wildman–Crippen LogP) is 3.40. The first kappa shape index (κ1) is 19.1. The number of hydrogen-bond acceptors (Lipinski definition) is 4. The summed E-state index contributed by atoms with van der Waals surface area (Å²) in [5.41, 5.74) is 2.09. The molecule has 0 aromatic heterocycles. The van der Waals surface area contributed by atoms with Gasteiger partial charge in [0.25, 0.3) is 0 Å². The van der Waals surface area contributed by atoms with E-state index in [1.54, 1.807) is 0 Å². The molecule has 0 saturated carbocycles. The SMILES string of the molecule is O=C(COC(c1ccccc1)c1ccccc1)N1CCCC(C2OCCO2)C1. The molecule has 2 heterocycles. The first-order chi connectivity index (χ1) is 13.8. The van der Waals surface area contributed by atoms with Crippen LogP contribution in [0.1, 0.15) is 30.1 Å². The van der Waals surface area contributed by atoms with Gasteiger partial charge in [0.1, 0.15) is 12.7 Å². The monoisotopic (exact) mass is 381 g/mol. The number of carbonyl (C=O) groups is 1. The second kappa shape index (κ2) is 9.32. The van der Waals surface area contributed by atoms with Crippen LogP contribution in [0.4, 0.5) is 0 Å². The molecule has 2 aromatic rings. The van der Waals surface area contributed by atoms with Crippen LogP contribution in [0.25, 0.3) is 0 Å². The van der Waals surface area contributed by atoms with E-state index in [0.29, 0.717) is 19.8 Å². The molecule has 5 heteroatoms. The summed E-state index contributed by atoms with van der Waals surface area (Å²) in [5.74, 6) is 0.277. The van der Waals surface area contributed by atoms with Crippen LogP contribution in [0, 0.1) is 5.92 Å². The zero-order chi connectivity index (χ0) is 19.2. The number of rotatable bonds is 6. The molecule has 1 atom stereocenters. The summed E-state index contributed by atoms with van der Waals surface area (Å²) in [6, 6.07) is 20.1. The van der Waals surface area contributed by atoms with E-state index in [1.165, 1.54) is 0 Å². The van der Waals surface area contributed by atoms with Gasteiger partial charge in [-0.2, -0.15) is 0 Å². The second-order valence-corrected chi connectivity index (χ2v) is 7.36. The van der Waals surface area contributed by atoms with Crippen molar-refractivity contribution in [1.29, 1.82) is 0 Å². The number of benzene rings is 2. The Morgan fingerprint density at radius 2 is 1.61 bits per heavy atom. The molecule has 2 aliphatic rings. The summed E-state index contributed by atoms with van der Waals surface area (Å²) >= 11 is 0. The highest BCUT2D eigenvalue weighted by molar-refractivity contribution is 5.77. The van der Waals surface area contributed by atoms with E-state index in [2.05, 4.69) is 0 Å². The molecule has 5 nitrogen and oxygen atoms in total. The fourth-order valence-electron chi connectivity index (χ4n) is 3.99. The Morgan fingerprint density at radius 1 is 1.00 bits per heavy atom. The molecule has 1 amide bonds. The third kappa shape index (κ3) is 4.61. The van der Waals surface area contributed by atoms with Crippen molar-refractivity contribution < 1.29 is 19.0 Å². The summed E-state index contributed by atoms with van der Waals surface area (Å²) in [6.45, 7) is 2.80. The molecule has 2 saturated heterocycles. The number of piperidine rings is 1. The summed E-state index contributed by atoms with van der Waals surface area (Å²) in [7, 11) is 0. The van der Waals surface area contributed by atoms with E-state index in [9.17, 15) is 4.79 Å². The van der Waals surface area contributed by atoms with Crippen molar-refractivity contribution >= 4 is 5.91 Å². The Kier molecular flexibility index (Phi) is 6.37. The molecule has 0 radical (unpaired) electrons. The highest BCUT2D eigenvalue weighted by Gasteiger charge is 2.33. The summed E-state index contributed by atoms with van der Waals surface area (Å²) in [4.78, 5) is 14.7. The number of hydrogen-bond donors (Lipinski definition) is 0. The van der Waals surface area contributed by atoms with Gasteiger partial charge in [0.05, 0.1) is 13.2 Å². The van der Waals surface area contributed by atoms with E-state index >= 15 is 0 Å². The molecule has 1 unspecified atom stereocenters. The molecular formula is C23H27NO4. The van der Waals surface area contributed by atoms with E-state index in [1.807, 2.05) is 65.6 Å². The minimum Gasteiger partial charge on any atom is -0.359 e. The number of ether oxygens (including phenoxy) is 3. The van der Waals surface area contributed by atoms with Crippen LogP contribution in [0.15, 0.2) is 60.7 Å². The molecule has 2 aromatic carbocycles. The van der Waals surface area contributed by atoms with Gasteiger partial charge >= 0.3 is 0 Å². The van der Waals surface area contributed by atoms with E-state index in [0.717, 1.165) is 30.5 Å². The lowest BCUT2D eigenvalue weighted by atomic mass is 9.97. The minimum atomic E-state index is -0.256. The van der Waals surface area contributed by atoms with Crippen LogP contribution in [-0.2, 0) is 19.0 Å². The lowest BCUT2D eigenvalue weighted by Gasteiger charge is -2.35. The van der Waals surface area contributed by atoms with E-state index in [-0.39, 0.29) is 30.8 Å². The average molecular weight is 381 g/mol. The Bertz CT molecular complexity index is 706. The minimum absolute atomic E-state index is 0.0274. The van der Waals surface area contributed by atoms with E-state index < -0.39 is 0 Å². The number of carbonyl (C=O) groups excluding carboxylic acids is 1. The summed E-state index contributed by atoms with van der Waals surface area (Å²) in [6.07, 6.45) is 1.58. The van der Waals surface area contributed by atoms with Gasteiger partial charge in [0.2, 0.25) is 5.91 Å². The van der Waals surface area contributed by atoms with Gasteiger partial charge in [-0.05, 0) is 24.0 Å². The molecule has 2 fully saturated rings. The first-order valence-corrected chi connectivity index (χ1v) is 10.0. The predicted molar refractivity (Wildman–Crippen MR) is 106 cm³/mol. The van der Waals surface area contributed by atoms with Crippen molar-refractivity contribution in [2.45, 2.75) is 25.2 Å². The van der Waals surface area contributed by atoms with Crippen molar-refractivity contribution in [3.8, 4) is 0 Å². The van der Waals surface area contributed by atoms with Crippen LogP contribution in [0.3, 0.4) is 0 Å². The Labute approximate surface area is 166 Å². The lowest BCUT2D eigenvalue weighted by molar-refractivity contribution is -0.145.